The first-order valence-electron chi connectivity index (χ1n) is 7.36. The van der Waals surface area contributed by atoms with Crippen molar-refractivity contribution in [1.82, 2.24) is 4.90 Å². The molecule has 2 aromatic rings. The maximum atomic E-state index is 13.5. The summed E-state index contributed by atoms with van der Waals surface area (Å²) in [5.74, 6) is -5.36. The molecule has 0 heterocycles. The van der Waals surface area contributed by atoms with Crippen molar-refractivity contribution in [3.63, 3.8) is 0 Å². The summed E-state index contributed by atoms with van der Waals surface area (Å²) in [7, 11) is 1.47. The van der Waals surface area contributed by atoms with Gasteiger partial charge in [-0.05, 0) is 30.8 Å². The van der Waals surface area contributed by atoms with E-state index in [0.29, 0.717) is 11.6 Å². The van der Waals surface area contributed by atoms with Crippen molar-refractivity contribution in [1.29, 1.82) is 0 Å². The molecule has 26 heavy (non-hydrogen) atoms. The van der Waals surface area contributed by atoms with Gasteiger partial charge in [-0.1, -0.05) is 18.2 Å². The Kier molecular flexibility index (Phi) is 5.91. The highest BCUT2D eigenvalue weighted by molar-refractivity contribution is 5.92. The Labute approximate surface area is 145 Å². The van der Waals surface area contributed by atoms with Crippen molar-refractivity contribution in [3.05, 3.63) is 65.0 Å². The van der Waals surface area contributed by atoms with E-state index in [4.69, 9.17) is 0 Å². The summed E-state index contributed by atoms with van der Waals surface area (Å²) in [6.45, 7) is -0.272. The van der Waals surface area contributed by atoms with E-state index in [2.05, 4.69) is 5.32 Å². The molecule has 0 spiro atoms. The van der Waals surface area contributed by atoms with Crippen LogP contribution in [-0.4, -0.2) is 24.4 Å². The van der Waals surface area contributed by atoms with Crippen LogP contribution >= 0.6 is 0 Å². The molecule has 140 valence electrons. The van der Waals surface area contributed by atoms with Gasteiger partial charge >= 0.3 is 6.18 Å². The fourth-order valence-electron chi connectivity index (χ4n) is 2.27. The first-order chi connectivity index (χ1) is 12.1. The number of likely N-dealkylation sites (N-methyl/N-ethyl adjacent to an activating group) is 1. The van der Waals surface area contributed by atoms with Gasteiger partial charge in [0.1, 0.15) is 0 Å². The van der Waals surface area contributed by atoms with Crippen molar-refractivity contribution >= 4 is 11.6 Å². The van der Waals surface area contributed by atoms with Crippen molar-refractivity contribution in [2.45, 2.75) is 12.7 Å². The monoisotopic (exact) mass is 376 g/mol. The molecule has 0 unspecified atom stereocenters. The molecule has 0 bridgehead atoms. The summed E-state index contributed by atoms with van der Waals surface area (Å²) in [6.07, 6.45) is -4.48. The van der Waals surface area contributed by atoms with Gasteiger partial charge in [0.05, 0.1) is 17.8 Å². The minimum Gasteiger partial charge on any atom is -0.322 e. The van der Waals surface area contributed by atoms with Crippen LogP contribution in [0, 0.1) is 17.5 Å². The number of carbonyl (C=O) groups excluding carboxylic acids is 1. The fraction of sp³-hybridized carbons (Fsp3) is 0.235. The standard InChI is InChI=1S/C17H14F6N2O/c1-25(8-10-3-2-4-11(7-10)17(21,22)23)9-14(26)24-13-6-5-12(18)15(19)16(13)20/h2-7H,8-9H2,1H3,(H,24,26). The Hall–Kier alpha value is -2.55. The van der Waals surface area contributed by atoms with Gasteiger partial charge in [0.2, 0.25) is 5.91 Å². The van der Waals surface area contributed by atoms with Gasteiger partial charge < -0.3 is 5.32 Å². The van der Waals surface area contributed by atoms with Crippen LogP contribution in [0.5, 0.6) is 0 Å². The molecule has 1 amide bonds. The van der Waals surface area contributed by atoms with Gasteiger partial charge in [-0.3, -0.25) is 9.69 Å². The third-order valence-corrected chi connectivity index (χ3v) is 3.43. The molecule has 0 aliphatic heterocycles. The quantitative estimate of drug-likeness (QED) is 0.627. The molecule has 0 atom stereocenters. The zero-order valence-corrected chi connectivity index (χ0v) is 13.5. The summed E-state index contributed by atoms with van der Waals surface area (Å²) < 4.78 is 77.5. The van der Waals surface area contributed by atoms with Crippen LogP contribution in [0.2, 0.25) is 0 Å². The summed E-state index contributed by atoms with van der Waals surface area (Å²) in [5.41, 5.74) is -1.01. The first-order valence-corrected chi connectivity index (χ1v) is 7.36. The molecule has 2 aromatic carbocycles. The smallest absolute Gasteiger partial charge is 0.322 e. The predicted molar refractivity (Wildman–Crippen MR) is 82.7 cm³/mol. The Bertz CT molecular complexity index is 806. The number of carbonyl (C=O) groups is 1. The SMILES string of the molecule is CN(CC(=O)Nc1ccc(F)c(F)c1F)Cc1cccc(C(F)(F)F)c1. The first kappa shape index (κ1) is 19.8. The van der Waals surface area contributed by atoms with E-state index in [0.717, 1.165) is 18.2 Å². The maximum absolute atomic E-state index is 13.5. The van der Waals surface area contributed by atoms with Crippen molar-refractivity contribution in [2.75, 3.05) is 18.9 Å². The lowest BCUT2D eigenvalue weighted by atomic mass is 10.1. The molecule has 0 saturated heterocycles. The molecule has 9 heteroatoms. The lowest BCUT2D eigenvalue weighted by molar-refractivity contribution is -0.137. The van der Waals surface area contributed by atoms with E-state index in [9.17, 15) is 31.1 Å². The summed E-state index contributed by atoms with van der Waals surface area (Å²) in [5, 5.41) is 2.09. The maximum Gasteiger partial charge on any atom is 0.416 e. The summed E-state index contributed by atoms with van der Waals surface area (Å²) in [4.78, 5) is 13.3. The van der Waals surface area contributed by atoms with E-state index in [1.807, 2.05) is 0 Å². The molecule has 0 aliphatic carbocycles. The van der Waals surface area contributed by atoms with Crippen LogP contribution in [0.3, 0.4) is 0 Å². The minimum atomic E-state index is -4.48. The number of anilines is 1. The molecule has 0 aliphatic rings. The molecular formula is C17H14F6N2O. The second-order valence-corrected chi connectivity index (χ2v) is 5.64. The van der Waals surface area contributed by atoms with Gasteiger partial charge in [0.25, 0.3) is 0 Å². The van der Waals surface area contributed by atoms with E-state index in [1.54, 1.807) is 0 Å². The van der Waals surface area contributed by atoms with Crippen molar-refractivity contribution < 1.29 is 31.1 Å². The molecule has 2 rings (SSSR count). The van der Waals surface area contributed by atoms with Crippen LogP contribution in [0.1, 0.15) is 11.1 Å². The lowest BCUT2D eigenvalue weighted by Gasteiger charge is -2.17. The van der Waals surface area contributed by atoms with Gasteiger partial charge in [-0.15, -0.1) is 0 Å². The van der Waals surface area contributed by atoms with E-state index < -0.39 is 40.8 Å². The highest BCUT2D eigenvalue weighted by atomic mass is 19.4. The van der Waals surface area contributed by atoms with Gasteiger partial charge in [-0.2, -0.15) is 13.2 Å². The highest BCUT2D eigenvalue weighted by Gasteiger charge is 2.30. The van der Waals surface area contributed by atoms with E-state index in [-0.39, 0.29) is 13.1 Å². The zero-order valence-electron chi connectivity index (χ0n) is 13.5. The number of hydrogen-bond acceptors (Lipinski definition) is 2. The van der Waals surface area contributed by atoms with E-state index in [1.165, 1.54) is 24.1 Å². The van der Waals surface area contributed by atoms with Crippen LogP contribution in [0.25, 0.3) is 0 Å². The molecule has 0 saturated carbocycles. The zero-order chi connectivity index (χ0) is 19.5. The Morgan fingerprint density at radius 1 is 1.08 bits per heavy atom. The lowest BCUT2D eigenvalue weighted by Crippen LogP contribution is -2.30. The van der Waals surface area contributed by atoms with Gasteiger partial charge in [-0.25, -0.2) is 13.2 Å². The topological polar surface area (TPSA) is 32.3 Å². The van der Waals surface area contributed by atoms with Crippen LogP contribution in [-0.2, 0) is 17.5 Å². The number of alkyl halides is 3. The summed E-state index contributed by atoms with van der Waals surface area (Å²) >= 11 is 0. The van der Waals surface area contributed by atoms with Gasteiger partial charge in [0.15, 0.2) is 17.5 Å². The number of nitrogens with zero attached hydrogens (tertiary/aromatic N) is 1. The number of halogens is 6. The van der Waals surface area contributed by atoms with Crippen LogP contribution in [0.4, 0.5) is 32.0 Å². The molecule has 1 N–H and O–H groups in total. The number of amides is 1. The Morgan fingerprint density at radius 2 is 1.77 bits per heavy atom. The normalized spacial score (nSPS) is 11.7. The minimum absolute atomic E-state index is 0.0254. The number of benzene rings is 2. The van der Waals surface area contributed by atoms with Crippen molar-refractivity contribution in [3.8, 4) is 0 Å². The van der Waals surface area contributed by atoms with Crippen LogP contribution < -0.4 is 5.32 Å². The van der Waals surface area contributed by atoms with E-state index >= 15 is 0 Å². The summed E-state index contributed by atoms with van der Waals surface area (Å²) in [6, 6.07) is 6.16. The Morgan fingerprint density at radius 3 is 2.42 bits per heavy atom. The van der Waals surface area contributed by atoms with Crippen molar-refractivity contribution in [2.24, 2.45) is 0 Å². The largest absolute Gasteiger partial charge is 0.416 e. The average molecular weight is 376 g/mol. The van der Waals surface area contributed by atoms with Gasteiger partial charge in [0, 0.05) is 6.54 Å². The average Bonchev–Trinajstić information content (AvgIpc) is 2.54. The molecule has 0 aromatic heterocycles. The fourth-order valence-corrected chi connectivity index (χ4v) is 2.27. The van der Waals surface area contributed by atoms with Crippen LogP contribution in [0.15, 0.2) is 36.4 Å². The second kappa shape index (κ2) is 7.77. The molecule has 0 radical (unpaired) electrons. The third kappa shape index (κ3) is 4.98. The molecule has 3 nitrogen and oxygen atoms in total. The number of rotatable bonds is 5. The Balaban J connectivity index is 1.99. The highest BCUT2D eigenvalue weighted by Crippen LogP contribution is 2.29. The number of nitrogens with one attached hydrogen (secondary N) is 1. The number of hydrogen-bond donors (Lipinski definition) is 1. The third-order valence-electron chi connectivity index (χ3n) is 3.43. The molecular weight excluding hydrogens is 362 g/mol. The second-order valence-electron chi connectivity index (χ2n) is 5.64. The molecule has 0 fully saturated rings. The predicted octanol–water partition coefficient (Wildman–Crippen LogP) is 4.19.